The normalized spacial score (nSPS) is 10.1. The van der Waals surface area contributed by atoms with E-state index in [2.05, 4.69) is 32.6 Å². The molecule has 0 saturated heterocycles. The molecule has 0 aliphatic carbocycles. The first-order chi connectivity index (χ1) is 7.78. The Morgan fingerprint density at radius 2 is 1.94 bits per heavy atom. The molecular formula is C11H9IN2O2. The molecule has 2 rings (SSSR count). The lowest BCUT2D eigenvalue weighted by atomic mass is 10.3. The van der Waals surface area contributed by atoms with Gasteiger partial charge in [-0.2, -0.15) is 0 Å². The lowest BCUT2D eigenvalue weighted by Crippen LogP contribution is -1.94. The smallest absolute Gasteiger partial charge is 0.238 e. The van der Waals surface area contributed by atoms with Crippen molar-refractivity contribution in [2.75, 3.05) is 0 Å². The van der Waals surface area contributed by atoms with Crippen molar-refractivity contribution in [3.63, 3.8) is 0 Å². The Labute approximate surface area is 106 Å². The number of ether oxygens (including phenoxy) is 1. The number of hydrogen-bond donors (Lipinski definition) is 1. The molecule has 0 saturated carbocycles. The highest BCUT2D eigenvalue weighted by Gasteiger charge is 2.00. The minimum atomic E-state index is -0.142. The third-order valence-electron chi connectivity index (χ3n) is 1.86. The van der Waals surface area contributed by atoms with Crippen LogP contribution in [-0.2, 0) is 6.61 Å². The first kappa shape index (κ1) is 11.3. The van der Waals surface area contributed by atoms with Crippen LogP contribution >= 0.6 is 22.6 Å². The summed E-state index contributed by atoms with van der Waals surface area (Å²) in [7, 11) is 0. The predicted octanol–water partition coefficient (Wildman–Crippen LogP) is 2.37. The Bertz CT molecular complexity index is 474. The summed E-state index contributed by atoms with van der Waals surface area (Å²) in [6.07, 6.45) is 3.01. The highest BCUT2D eigenvalue weighted by atomic mass is 127. The summed E-state index contributed by atoms with van der Waals surface area (Å²) >= 11 is 2.22. The summed E-state index contributed by atoms with van der Waals surface area (Å²) in [4.78, 5) is 7.99. The van der Waals surface area contributed by atoms with Crippen LogP contribution in [0.5, 0.6) is 11.6 Å². The molecule has 2 aromatic rings. The number of aromatic nitrogens is 2. The molecule has 0 spiro atoms. The predicted molar refractivity (Wildman–Crippen MR) is 67.2 cm³/mol. The van der Waals surface area contributed by atoms with Crippen molar-refractivity contribution < 1.29 is 9.84 Å². The minimum absolute atomic E-state index is 0.142. The standard InChI is InChI=1S/C11H9IN2O2/c12-8-1-3-10(4-2-8)16-11-6-13-5-9(7-15)14-11/h1-6,15H,7H2. The van der Waals surface area contributed by atoms with E-state index in [1.54, 1.807) is 0 Å². The molecule has 5 heteroatoms. The summed E-state index contributed by atoms with van der Waals surface area (Å²) in [5.74, 6) is 1.08. The fourth-order valence-corrected chi connectivity index (χ4v) is 1.49. The molecule has 82 valence electrons. The van der Waals surface area contributed by atoms with Gasteiger partial charge in [-0.05, 0) is 46.9 Å². The van der Waals surface area contributed by atoms with E-state index in [-0.39, 0.29) is 6.61 Å². The molecule has 0 bridgehead atoms. The maximum Gasteiger partial charge on any atom is 0.238 e. The van der Waals surface area contributed by atoms with Crippen molar-refractivity contribution in [1.82, 2.24) is 9.97 Å². The average molecular weight is 328 g/mol. The van der Waals surface area contributed by atoms with Crippen LogP contribution in [-0.4, -0.2) is 15.1 Å². The van der Waals surface area contributed by atoms with Gasteiger partial charge in [0.15, 0.2) is 0 Å². The van der Waals surface area contributed by atoms with Gasteiger partial charge in [0, 0.05) is 3.57 Å². The zero-order valence-electron chi connectivity index (χ0n) is 8.30. The number of halogens is 1. The van der Waals surface area contributed by atoms with Crippen LogP contribution in [0, 0.1) is 3.57 Å². The molecule has 1 heterocycles. The van der Waals surface area contributed by atoms with Crippen LogP contribution in [0.3, 0.4) is 0 Å². The van der Waals surface area contributed by atoms with Crippen molar-refractivity contribution in [2.24, 2.45) is 0 Å². The maximum atomic E-state index is 8.91. The molecule has 1 N–H and O–H groups in total. The van der Waals surface area contributed by atoms with E-state index in [0.29, 0.717) is 17.3 Å². The lowest BCUT2D eigenvalue weighted by Gasteiger charge is -2.04. The Morgan fingerprint density at radius 1 is 1.19 bits per heavy atom. The largest absolute Gasteiger partial charge is 0.437 e. The Hall–Kier alpha value is -1.21. The van der Waals surface area contributed by atoms with Gasteiger partial charge in [-0.25, -0.2) is 4.98 Å². The summed E-state index contributed by atoms with van der Waals surface area (Å²) in [6, 6.07) is 7.60. The van der Waals surface area contributed by atoms with Gasteiger partial charge >= 0.3 is 0 Å². The molecule has 4 nitrogen and oxygen atoms in total. The summed E-state index contributed by atoms with van der Waals surface area (Å²) < 4.78 is 6.63. The minimum Gasteiger partial charge on any atom is -0.437 e. The third kappa shape index (κ3) is 2.89. The average Bonchev–Trinajstić information content (AvgIpc) is 2.32. The van der Waals surface area contributed by atoms with Crippen molar-refractivity contribution in [3.05, 3.63) is 45.9 Å². The fraction of sp³-hybridized carbons (Fsp3) is 0.0909. The zero-order chi connectivity index (χ0) is 11.4. The second-order valence-electron chi connectivity index (χ2n) is 3.06. The fourth-order valence-electron chi connectivity index (χ4n) is 1.14. The second-order valence-corrected chi connectivity index (χ2v) is 4.31. The molecule has 0 atom stereocenters. The van der Waals surface area contributed by atoms with Gasteiger partial charge in [0.1, 0.15) is 5.75 Å². The van der Waals surface area contributed by atoms with Crippen LogP contribution in [0.15, 0.2) is 36.7 Å². The van der Waals surface area contributed by atoms with E-state index < -0.39 is 0 Å². The molecule has 1 aromatic carbocycles. The second kappa shape index (κ2) is 5.22. The maximum absolute atomic E-state index is 8.91. The van der Waals surface area contributed by atoms with Gasteiger partial charge < -0.3 is 9.84 Å². The van der Waals surface area contributed by atoms with Gasteiger partial charge in [0.05, 0.1) is 24.7 Å². The molecular weight excluding hydrogens is 319 g/mol. The topological polar surface area (TPSA) is 55.2 Å². The third-order valence-corrected chi connectivity index (χ3v) is 2.58. The molecule has 1 aromatic heterocycles. The van der Waals surface area contributed by atoms with E-state index in [0.717, 1.165) is 3.57 Å². The van der Waals surface area contributed by atoms with Crippen molar-refractivity contribution >= 4 is 22.6 Å². The van der Waals surface area contributed by atoms with E-state index in [1.165, 1.54) is 12.4 Å². The quantitative estimate of drug-likeness (QED) is 0.879. The van der Waals surface area contributed by atoms with Crippen LogP contribution in [0.1, 0.15) is 5.69 Å². The number of aliphatic hydroxyl groups is 1. The SMILES string of the molecule is OCc1cncc(Oc2ccc(I)cc2)n1. The zero-order valence-corrected chi connectivity index (χ0v) is 10.5. The molecule has 0 aliphatic rings. The molecule has 0 radical (unpaired) electrons. The summed E-state index contributed by atoms with van der Waals surface area (Å²) in [5, 5.41) is 8.91. The summed E-state index contributed by atoms with van der Waals surface area (Å²) in [6.45, 7) is -0.142. The Kier molecular flexibility index (Phi) is 3.68. The monoisotopic (exact) mass is 328 g/mol. The molecule has 16 heavy (non-hydrogen) atoms. The van der Waals surface area contributed by atoms with Gasteiger partial charge in [-0.15, -0.1) is 0 Å². The molecule has 0 amide bonds. The van der Waals surface area contributed by atoms with E-state index >= 15 is 0 Å². The highest BCUT2D eigenvalue weighted by Crippen LogP contribution is 2.19. The first-order valence-electron chi connectivity index (χ1n) is 4.63. The first-order valence-corrected chi connectivity index (χ1v) is 5.71. The summed E-state index contributed by atoms with van der Waals surface area (Å²) in [5.41, 5.74) is 0.489. The van der Waals surface area contributed by atoms with Crippen LogP contribution in [0.2, 0.25) is 0 Å². The van der Waals surface area contributed by atoms with E-state index in [9.17, 15) is 0 Å². The van der Waals surface area contributed by atoms with Crippen LogP contribution < -0.4 is 4.74 Å². The molecule has 0 aliphatic heterocycles. The van der Waals surface area contributed by atoms with E-state index in [1.807, 2.05) is 24.3 Å². The highest BCUT2D eigenvalue weighted by molar-refractivity contribution is 14.1. The number of benzene rings is 1. The molecule has 0 fully saturated rings. The van der Waals surface area contributed by atoms with Gasteiger partial charge in [-0.3, -0.25) is 4.98 Å². The Morgan fingerprint density at radius 3 is 2.62 bits per heavy atom. The number of nitrogens with zero attached hydrogens (tertiary/aromatic N) is 2. The van der Waals surface area contributed by atoms with Gasteiger partial charge in [0.25, 0.3) is 0 Å². The van der Waals surface area contributed by atoms with E-state index in [4.69, 9.17) is 9.84 Å². The van der Waals surface area contributed by atoms with Crippen LogP contribution in [0.4, 0.5) is 0 Å². The van der Waals surface area contributed by atoms with Crippen molar-refractivity contribution in [2.45, 2.75) is 6.61 Å². The van der Waals surface area contributed by atoms with Crippen LogP contribution in [0.25, 0.3) is 0 Å². The van der Waals surface area contributed by atoms with Crippen molar-refractivity contribution in [3.8, 4) is 11.6 Å². The van der Waals surface area contributed by atoms with Gasteiger partial charge in [-0.1, -0.05) is 0 Å². The number of hydrogen-bond acceptors (Lipinski definition) is 4. The number of aliphatic hydroxyl groups excluding tert-OH is 1. The lowest BCUT2D eigenvalue weighted by molar-refractivity contribution is 0.274. The van der Waals surface area contributed by atoms with Gasteiger partial charge in [0.2, 0.25) is 5.88 Å². The Balaban J connectivity index is 2.16. The van der Waals surface area contributed by atoms with Crippen molar-refractivity contribution in [1.29, 1.82) is 0 Å². The molecule has 0 unspecified atom stereocenters. The number of rotatable bonds is 3.